The zero-order chi connectivity index (χ0) is 21.2. The molecule has 1 aliphatic rings. The Kier molecular flexibility index (Phi) is 5.72. The predicted molar refractivity (Wildman–Crippen MR) is 93.3 cm³/mol. The molecule has 28 heavy (non-hydrogen) atoms. The van der Waals surface area contributed by atoms with Crippen molar-refractivity contribution in [3.05, 3.63) is 45.5 Å². The van der Waals surface area contributed by atoms with Crippen molar-refractivity contribution in [2.45, 2.75) is 32.4 Å². The molecule has 0 aromatic heterocycles. The second kappa shape index (κ2) is 7.67. The molecule has 148 valence electrons. The van der Waals surface area contributed by atoms with Crippen LogP contribution in [0.5, 0.6) is 0 Å². The number of amides is 1. The second-order valence-electron chi connectivity index (χ2n) is 6.85. The quantitative estimate of drug-likeness (QED) is 0.106. The number of non-ortho nitro benzene ring substituents is 1. The summed E-state index contributed by atoms with van der Waals surface area (Å²) in [5, 5.41) is 32.3. The Bertz CT molecular complexity index is 889. The molecule has 11 nitrogen and oxygen atoms in total. The highest BCUT2D eigenvalue weighted by Crippen LogP contribution is 2.38. The number of carbonyl (C=O) groups excluding carboxylic acids is 2. The first kappa shape index (κ1) is 20.9. The fraction of sp³-hybridized carbons (Fsp3) is 0.412. The third-order valence-corrected chi connectivity index (χ3v) is 4.92. The summed E-state index contributed by atoms with van der Waals surface area (Å²) in [6.07, 6.45) is -1.23. The van der Waals surface area contributed by atoms with E-state index in [9.17, 15) is 29.6 Å². The van der Waals surface area contributed by atoms with Crippen molar-refractivity contribution in [2.75, 3.05) is 0 Å². The average molecular weight is 390 g/mol. The lowest BCUT2D eigenvalue weighted by molar-refractivity contribution is -0.384. The molecular formula is C17H18N4O7. The molecule has 0 aliphatic carbocycles. The summed E-state index contributed by atoms with van der Waals surface area (Å²) in [7, 11) is 0. The molecule has 1 saturated heterocycles. The van der Waals surface area contributed by atoms with E-state index in [2.05, 4.69) is 10.1 Å². The van der Waals surface area contributed by atoms with Crippen molar-refractivity contribution in [3.8, 4) is 0 Å². The topological polar surface area (TPSA) is 183 Å². The Morgan fingerprint density at radius 1 is 1.39 bits per heavy atom. The third kappa shape index (κ3) is 3.66. The molecule has 11 heteroatoms. The van der Waals surface area contributed by atoms with Crippen molar-refractivity contribution in [1.29, 1.82) is 0 Å². The summed E-state index contributed by atoms with van der Waals surface area (Å²) in [5.41, 5.74) is 6.55. The number of nitrogens with one attached hydrogen (secondary N) is 1. The Hall–Kier alpha value is -3.43. The smallest absolute Gasteiger partial charge is 0.441 e. The Morgan fingerprint density at radius 3 is 2.36 bits per heavy atom. The SMILES string of the molecule is C[C@@H](O)[C@H]1C(=O)N[C@H]1[C@@](C)(Cc1ccc([N+](=O)[O-])cc1)C(=O)C(=[N+]=[N-])C(=O)O. The van der Waals surface area contributed by atoms with Crippen LogP contribution in [0.1, 0.15) is 19.4 Å². The fourth-order valence-corrected chi connectivity index (χ4v) is 3.39. The number of aliphatic hydroxyl groups is 1. The minimum atomic E-state index is -1.75. The van der Waals surface area contributed by atoms with E-state index in [1.807, 2.05) is 0 Å². The molecule has 1 aromatic carbocycles. The van der Waals surface area contributed by atoms with Gasteiger partial charge < -0.3 is 21.1 Å². The molecule has 1 fully saturated rings. The molecule has 3 N–H and O–H groups in total. The van der Waals surface area contributed by atoms with Gasteiger partial charge in [-0.1, -0.05) is 12.1 Å². The van der Waals surface area contributed by atoms with Gasteiger partial charge in [0.15, 0.2) is 0 Å². The number of nitrogens with zero attached hydrogens (tertiary/aromatic N) is 3. The molecule has 1 aromatic rings. The molecule has 1 amide bonds. The van der Waals surface area contributed by atoms with E-state index < -0.39 is 51.8 Å². The Labute approximate surface area is 158 Å². The summed E-state index contributed by atoms with van der Waals surface area (Å²) >= 11 is 0. The van der Waals surface area contributed by atoms with E-state index in [4.69, 9.17) is 10.6 Å². The summed E-state index contributed by atoms with van der Waals surface area (Å²) in [4.78, 5) is 48.8. The molecule has 1 aliphatic heterocycles. The van der Waals surface area contributed by atoms with Crippen molar-refractivity contribution < 1.29 is 34.3 Å². The first-order chi connectivity index (χ1) is 13.0. The number of β-lactam (4-membered cyclic amide) rings is 1. The van der Waals surface area contributed by atoms with Crippen LogP contribution in [0.25, 0.3) is 5.53 Å². The van der Waals surface area contributed by atoms with Crippen LogP contribution in [0, 0.1) is 21.4 Å². The van der Waals surface area contributed by atoms with E-state index in [1.165, 1.54) is 38.1 Å². The van der Waals surface area contributed by atoms with Gasteiger partial charge in [-0.3, -0.25) is 19.7 Å². The van der Waals surface area contributed by atoms with E-state index >= 15 is 0 Å². The van der Waals surface area contributed by atoms with Gasteiger partial charge in [-0.2, -0.15) is 4.79 Å². The number of carboxylic acid groups (broad SMARTS) is 1. The highest BCUT2D eigenvalue weighted by molar-refractivity contribution is 6.63. The number of hydrogen-bond acceptors (Lipinski definition) is 6. The standard InChI is InChI=1S/C17H18N4O7/c1-8(22)11-13(19-15(11)24)17(2,14(23)12(20-18)16(25)26)7-9-3-5-10(6-4-9)21(27)28/h3-6,8,11,13,22H,7H2,1-2H3,(H,19,24)(H,25,26)/t8-,11-,13-,17-/m1/s1. The van der Waals surface area contributed by atoms with Crippen LogP contribution in [0.15, 0.2) is 24.3 Å². The molecule has 0 spiro atoms. The van der Waals surface area contributed by atoms with Crippen LogP contribution in [-0.2, 0) is 20.8 Å². The van der Waals surface area contributed by atoms with Gasteiger partial charge in [0, 0.05) is 12.1 Å². The largest absolute Gasteiger partial charge is 0.472 e. The van der Waals surface area contributed by atoms with Crippen molar-refractivity contribution in [2.24, 2.45) is 11.3 Å². The normalized spacial score (nSPS) is 21.3. The predicted octanol–water partition coefficient (Wildman–Crippen LogP) is -0.0365. The summed E-state index contributed by atoms with van der Waals surface area (Å²) in [6, 6.07) is 4.32. The minimum Gasteiger partial charge on any atom is -0.472 e. The molecule has 0 unspecified atom stereocenters. The number of nitro benzene ring substituents is 1. The highest BCUT2D eigenvalue weighted by atomic mass is 16.6. The highest BCUT2D eigenvalue weighted by Gasteiger charge is 2.58. The molecule has 4 atom stereocenters. The molecule has 1 heterocycles. The van der Waals surface area contributed by atoms with Crippen molar-refractivity contribution in [1.82, 2.24) is 5.32 Å². The van der Waals surface area contributed by atoms with Gasteiger partial charge in [0.05, 0.1) is 28.4 Å². The fourth-order valence-electron chi connectivity index (χ4n) is 3.39. The number of carbonyl (C=O) groups is 3. The second-order valence-corrected chi connectivity index (χ2v) is 6.85. The van der Waals surface area contributed by atoms with Crippen LogP contribution in [0.4, 0.5) is 5.69 Å². The maximum absolute atomic E-state index is 12.9. The van der Waals surface area contributed by atoms with E-state index in [-0.39, 0.29) is 12.1 Å². The summed E-state index contributed by atoms with van der Waals surface area (Å²) in [6.45, 7) is 2.75. The lowest BCUT2D eigenvalue weighted by Crippen LogP contribution is -2.70. The maximum atomic E-state index is 12.9. The number of benzene rings is 1. The third-order valence-electron chi connectivity index (χ3n) is 4.92. The van der Waals surface area contributed by atoms with Crippen molar-refractivity contribution in [3.63, 3.8) is 0 Å². The molecule has 0 saturated carbocycles. The van der Waals surface area contributed by atoms with Gasteiger partial charge in [0.2, 0.25) is 5.91 Å². The van der Waals surface area contributed by atoms with E-state index in [1.54, 1.807) is 0 Å². The van der Waals surface area contributed by atoms with Crippen LogP contribution in [-0.4, -0.2) is 55.4 Å². The van der Waals surface area contributed by atoms with Crippen LogP contribution in [0.2, 0.25) is 0 Å². The Balaban J connectivity index is 2.48. The van der Waals surface area contributed by atoms with E-state index in [0.29, 0.717) is 5.56 Å². The van der Waals surface area contributed by atoms with Crippen LogP contribution in [0.3, 0.4) is 0 Å². The average Bonchev–Trinajstić information content (AvgIpc) is 2.59. The molecule has 0 radical (unpaired) electrons. The number of aliphatic hydroxyl groups excluding tert-OH is 1. The van der Waals surface area contributed by atoms with Gasteiger partial charge in [0.1, 0.15) is 0 Å². The number of hydrogen-bond donors (Lipinski definition) is 3. The number of aliphatic carboxylic acids is 1. The van der Waals surface area contributed by atoms with Gasteiger partial charge in [0.25, 0.3) is 11.5 Å². The number of nitro groups is 1. The van der Waals surface area contributed by atoms with Crippen LogP contribution >= 0.6 is 0 Å². The van der Waals surface area contributed by atoms with Gasteiger partial charge in [-0.05, 0) is 25.8 Å². The van der Waals surface area contributed by atoms with Gasteiger partial charge in [-0.25, -0.2) is 4.79 Å². The van der Waals surface area contributed by atoms with Crippen molar-refractivity contribution >= 4 is 29.1 Å². The van der Waals surface area contributed by atoms with Crippen LogP contribution < -0.4 is 5.32 Å². The molecular weight excluding hydrogens is 372 g/mol. The summed E-state index contributed by atoms with van der Waals surface area (Å²) < 4.78 is 0. The van der Waals surface area contributed by atoms with Gasteiger partial charge in [-0.15, -0.1) is 0 Å². The molecule has 0 bridgehead atoms. The first-order valence-electron chi connectivity index (χ1n) is 8.25. The maximum Gasteiger partial charge on any atom is 0.441 e. The number of rotatable bonds is 8. The van der Waals surface area contributed by atoms with E-state index in [0.717, 1.165) is 0 Å². The lowest BCUT2D eigenvalue weighted by atomic mass is 9.63. The molecule has 2 rings (SSSR count). The zero-order valence-corrected chi connectivity index (χ0v) is 15.0. The minimum absolute atomic E-state index is 0.121. The lowest BCUT2D eigenvalue weighted by Gasteiger charge is -2.47. The summed E-state index contributed by atoms with van der Waals surface area (Å²) in [5.74, 6) is -4.26. The monoisotopic (exact) mass is 390 g/mol. The number of carboxylic acids is 1. The first-order valence-corrected chi connectivity index (χ1v) is 8.25. The van der Waals surface area contributed by atoms with Gasteiger partial charge >= 0.3 is 11.7 Å². The number of Topliss-reactive ketones (excluding diaryl/α,β-unsaturated/α-hetero) is 1. The number of ketones is 1. The Morgan fingerprint density at radius 2 is 1.96 bits per heavy atom. The zero-order valence-electron chi connectivity index (χ0n) is 15.0.